The number of hydrogen-bond donors (Lipinski definition) is 2. The SMILES string of the molecule is COc1cc(CN2CCNC(=O)[C@@H]2CC(=O)NCCc2ncccc2C)cc(OC)c1. The highest BCUT2D eigenvalue weighted by molar-refractivity contribution is 5.88. The van der Waals surface area contributed by atoms with Gasteiger partial charge in [-0.15, -0.1) is 0 Å². The van der Waals surface area contributed by atoms with E-state index in [4.69, 9.17) is 9.47 Å². The maximum absolute atomic E-state index is 12.6. The zero-order valence-electron chi connectivity index (χ0n) is 18.3. The average Bonchev–Trinajstić information content (AvgIpc) is 2.77. The Morgan fingerprint density at radius 2 is 2.00 bits per heavy atom. The van der Waals surface area contributed by atoms with Gasteiger partial charge in [0, 0.05) is 50.6 Å². The molecule has 1 aromatic heterocycles. The number of carbonyl (C=O) groups excluding carboxylic acids is 2. The summed E-state index contributed by atoms with van der Waals surface area (Å²) in [7, 11) is 3.21. The van der Waals surface area contributed by atoms with E-state index >= 15 is 0 Å². The van der Waals surface area contributed by atoms with Crippen LogP contribution < -0.4 is 20.1 Å². The normalized spacial score (nSPS) is 16.5. The van der Waals surface area contributed by atoms with Crippen LogP contribution in [0, 0.1) is 6.92 Å². The number of hydrogen-bond acceptors (Lipinski definition) is 6. The number of ether oxygens (including phenoxy) is 2. The van der Waals surface area contributed by atoms with Crippen LogP contribution >= 0.6 is 0 Å². The van der Waals surface area contributed by atoms with Gasteiger partial charge in [0.2, 0.25) is 11.8 Å². The molecular weight excluding hydrogens is 396 g/mol. The van der Waals surface area contributed by atoms with E-state index in [9.17, 15) is 9.59 Å². The Morgan fingerprint density at radius 1 is 1.26 bits per heavy atom. The number of aromatic nitrogens is 1. The smallest absolute Gasteiger partial charge is 0.237 e. The molecule has 8 nitrogen and oxygen atoms in total. The van der Waals surface area contributed by atoms with Crippen LogP contribution in [-0.2, 0) is 22.6 Å². The highest BCUT2D eigenvalue weighted by Gasteiger charge is 2.31. The third-order valence-corrected chi connectivity index (χ3v) is 5.42. The van der Waals surface area contributed by atoms with Crippen LogP contribution in [0.3, 0.4) is 0 Å². The van der Waals surface area contributed by atoms with Crippen molar-refractivity contribution in [3.8, 4) is 11.5 Å². The summed E-state index contributed by atoms with van der Waals surface area (Å²) in [4.78, 5) is 31.4. The van der Waals surface area contributed by atoms with Gasteiger partial charge in [-0.05, 0) is 36.2 Å². The highest BCUT2D eigenvalue weighted by Crippen LogP contribution is 2.24. The second-order valence-corrected chi connectivity index (χ2v) is 7.57. The Kier molecular flexibility index (Phi) is 7.83. The fourth-order valence-corrected chi connectivity index (χ4v) is 3.71. The molecule has 1 aromatic carbocycles. The molecule has 3 rings (SSSR count). The van der Waals surface area contributed by atoms with Gasteiger partial charge < -0.3 is 20.1 Å². The number of rotatable bonds is 9. The fourth-order valence-electron chi connectivity index (χ4n) is 3.71. The maximum atomic E-state index is 12.6. The van der Waals surface area contributed by atoms with E-state index in [1.807, 2.05) is 36.1 Å². The van der Waals surface area contributed by atoms with E-state index in [1.54, 1.807) is 26.5 Å². The summed E-state index contributed by atoms with van der Waals surface area (Å²) < 4.78 is 10.7. The molecule has 0 saturated carbocycles. The van der Waals surface area contributed by atoms with Gasteiger partial charge in [0.05, 0.1) is 26.7 Å². The molecule has 0 bridgehead atoms. The summed E-state index contributed by atoms with van der Waals surface area (Å²) in [6, 6.07) is 9.01. The molecule has 1 saturated heterocycles. The number of carbonyl (C=O) groups is 2. The first-order valence-electron chi connectivity index (χ1n) is 10.4. The van der Waals surface area contributed by atoms with Crippen LogP contribution in [0.5, 0.6) is 11.5 Å². The van der Waals surface area contributed by atoms with Gasteiger partial charge in [-0.3, -0.25) is 19.5 Å². The highest BCUT2D eigenvalue weighted by atomic mass is 16.5. The molecule has 0 aliphatic carbocycles. The standard InChI is InChI=1S/C23H30N4O4/c1-16-5-4-7-24-20(16)6-8-25-22(28)14-21-23(29)26-9-10-27(21)15-17-11-18(30-2)13-19(12-17)31-3/h4-5,7,11-13,21H,6,8-10,14-15H2,1-3H3,(H,25,28)(H,26,29)/t21-/m0/s1. The molecule has 1 fully saturated rings. The summed E-state index contributed by atoms with van der Waals surface area (Å²) in [5.41, 5.74) is 3.03. The van der Waals surface area contributed by atoms with Crippen LogP contribution in [0.25, 0.3) is 0 Å². The molecule has 1 atom stereocenters. The van der Waals surface area contributed by atoms with Gasteiger partial charge in [0.25, 0.3) is 0 Å². The van der Waals surface area contributed by atoms with E-state index in [0.717, 1.165) is 16.8 Å². The lowest BCUT2D eigenvalue weighted by Crippen LogP contribution is -2.56. The molecule has 2 N–H and O–H groups in total. The lowest BCUT2D eigenvalue weighted by molar-refractivity contribution is -0.134. The first-order valence-corrected chi connectivity index (χ1v) is 10.4. The Bertz CT molecular complexity index is 896. The van der Waals surface area contributed by atoms with Crippen molar-refractivity contribution in [3.63, 3.8) is 0 Å². The van der Waals surface area contributed by atoms with E-state index in [2.05, 4.69) is 15.6 Å². The molecular formula is C23H30N4O4. The van der Waals surface area contributed by atoms with Gasteiger partial charge in [-0.2, -0.15) is 0 Å². The topological polar surface area (TPSA) is 92.8 Å². The lowest BCUT2D eigenvalue weighted by Gasteiger charge is -2.34. The van der Waals surface area contributed by atoms with Crippen LogP contribution in [0.2, 0.25) is 0 Å². The molecule has 2 amide bonds. The van der Waals surface area contributed by atoms with Crippen LogP contribution in [0.1, 0.15) is 23.2 Å². The number of nitrogens with zero attached hydrogens (tertiary/aromatic N) is 2. The molecule has 1 aliphatic rings. The number of aryl methyl sites for hydroxylation is 1. The number of piperazine rings is 1. The predicted octanol–water partition coefficient (Wildman–Crippen LogP) is 1.46. The number of methoxy groups -OCH3 is 2. The zero-order valence-corrected chi connectivity index (χ0v) is 18.3. The van der Waals surface area contributed by atoms with Crippen LogP contribution in [-0.4, -0.2) is 61.6 Å². The third kappa shape index (κ3) is 6.18. The summed E-state index contributed by atoms with van der Waals surface area (Å²) in [6.45, 7) is 4.22. The van der Waals surface area contributed by atoms with Crippen molar-refractivity contribution in [2.75, 3.05) is 33.9 Å². The maximum Gasteiger partial charge on any atom is 0.237 e. The van der Waals surface area contributed by atoms with Crippen molar-refractivity contribution in [1.29, 1.82) is 0 Å². The molecule has 0 spiro atoms. The minimum absolute atomic E-state index is 0.105. The monoisotopic (exact) mass is 426 g/mol. The molecule has 31 heavy (non-hydrogen) atoms. The van der Waals surface area contributed by atoms with E-state index < -0.39 is 6.04 Å². The largest absolute Gasteiger partial charge is 0.497 e. The quantitative estimate of drug-likeness (QED) is 0.631. The van der Waals surface area contributed by atoms with Crippen LogP contribution in [0.15, 0.2) is 36.5 Å². The van der Waals surface area contributed by atoms with E-state index in [0.29, 0.717) is 44.1 Å². The van der Waals surface area contributed by atoms with Crippen molar-refractivity contribution < 1.29 is 19.1 Å². The van der Waals surface area contributed by atoms with Crippen molar-refractivity contribution in [1.82, 2.24) is 20.5 Å². The first kappa shape index (κ1) is 22.6. The summed E-state index contributed by atoms with van der Waals surface area (Å²) in [5, 5.41) is 5.79. The molecule has 8 heteroatoms. The van der Waals surface area contributed by atoms with Crippen molar-refractivity contribution in [3.05, 3.63) is 53.3 Å². The minimum atomic E-state index is -0.525. The Hall–Kier alpha value is -3.13. The second-order valence-electron chi connectivity index (χ2n) is 7.57. The van der Waals surface area contributed by atoms with Crippen molar-refractivity contribution in [2.24, 2.45) is 0 Å². The minimum Gasteiger partial charge on any atom is -0.497 e. The Morgan fingerprint density at radius 3 is 2.68 bits per heavy atom. The van der Waals surface area contributed by atoms with Crippen molar-refractivity contribution in [2.45, 2.75) is 32.4 Å². The summed E-state index contributed by atoms with van der Waals surface area (Å²) >= 11 is 0. The van der Waals surface area contributed by atoms with Crippen LogP contribution in [0.4, 0.5) is 0 Å². The lowest BCUT2D eigenvalue weighted by atomic mass is 10.1. The first-order chi connectivity index (χ1) is 15.0. The predicted molar refractivity (Wildman–Crippen MR) is 117 cm³/mol. The number of benzene rings is 1. The average molecular weight is 427 g/mol. The van der Waals surface area contributed by atoms with E-state index in [1.165, 1.54) is 0 Å². The molecule has 2 aromatic rings. The van der Waals surface area contributed by atoms with Gasteiger partial charge in [-0.25, -0.2) is 0 Å². The van der Waals surface area contributed by atoms with Gasteiger partial charge >= 0.3 is 0 Å². The summed E-state index contributed by atoms with van der Waals surface area (Å²) in [6.07, 6.45) is 2.51. The molecule has 166 valence electrons. The molecule has 1 aliphatic heterocycles. The molecule has 2 heterocycles. The zero-order chi connectivity index (χ0) is 22.2. The number of amides is 2. The summed E-state index contributed by atoms with van der Waals surface area (Å²) in [5.74, 6) is 1.10. The molecule has 0 unspecified atom stereocenters. The Balaban J connectivity index is 1.60. The van der Waals surface area contributed by atoms with E-state index in [-0.39, 0.29) is 18.2 Å². The fraction of sp³-hybridized carbons (Fsp3) is 0.435. The van der Waals surface area contributed by atoms with Crippen molar-refractivity contribution >= 4 is 11.8 Å². The van der Waals surface area contributed by atoms with Gasteiger partial charge in [-0.1, -0.05) is 6.07 Å². The number of pyridine rings is 1. The third-order valence-electron chi connectivity index (χ3n) is 5.42. The second kappa shape index (κ2) is 10.8. The number of nitrogens with one attached hydrogen (secondary N) is 2. The van der Waals surface area contributed by atoms with Gasteiger partial charge in [0.1, 0.15) is 11.5 Å². The molecule has 0 radical (unpaired) electrons. The Labute approximate surface area is 182 Å². The van der Waals surface area contributed by atoms with Gasteiger partial charge in [0.15, 0.2) is 0 Å².